The van der Waals surface area contributed by atoms with E-state index in [0.29, 0.717) is 22.6 Å². The second kappa shape index (κ2) is 17.0. The molecule has 6 rings (SSSR count). The number of carbonyl (C=O) groups is 1. The van der Waals surface area contributed by atoms with Gasteiger partial charge in [-0.05, 0) is 60.0 Å². The molecule has 4 aromatic carbocycles. The van der Waals surface area contributed by atoms with Gasteiger partial charge in [0.1, 0.15) is 41.2 Å². The van der Waals surface area contributed by atoms with Crippen LogP contribution in [0.5, 0.6) is 11.5 Å². The van der Waals surface area contributed by atoms with Crippen LogP contribution in [-0.2, 0) is 24.5 Å². The lowest BCUT2D eigenvalue weighted by Gasteiger charge is -2.37. The summed E-state index contributed by atoms with van der Waals surface area (Å²) in [6, 6.07) is 33.6. The maximum atomic E-state index is 13.6. The van der Waals surface area contributed by atoms with Crippen molar-refractivity contribution in [1.82, 2.24) is 9.55 Å². The fourth-order valence-corrected chi connectivity index (χ4v) is 6.45. The lowest BCUT2D eigenvalue weighted by molar-refractivity contribution is -0.0994. The molecule has 276 valence electrons. The molecule has 0 aliphatic carbocycles. The highest BCUT2D eigenvalue weighted by atomic mass is 16.6. The monoisotopic (exact) mass is 721 g/mol. The fraction of sp³-hybridized carbons (Fsp3) is 0.293. The fourth-order valence-electron chi connectivity index (χ4n) is 6.45. The van der Waals surface area contributed by atoms with E-state index in [9.17, 15) is 14.7 Å². The highest BCUT2D eigenvalue weighted by Gasteiger charge is 2.48. The zero-order valence-corrected chi connectivity index (χ0v) is 30.0. The Morgan fingerprint density at radius 3 is 1.96 bits per heavy atom. The van der Waals surface area contributed by atoms with Crippen LogP contribution < -0.4 is 20.5 Å². The number of ether oxygens (including phenoxy) is 6. The molecule has 12 nitrogen and oxygen atoms in total. The molecule has 5 aromatic rings. The Morgan fingerprint density at radius 2 is 1.40 bits per heavy atom. The van der Waals surface area contributed by atoms with E-state index in [4.69, 9.17) is 28.4 Å². The van der Waals surface area contributed by atoms with Crippen molar-refractivity contribution >= 4 is 11.7 Å². The van der Waals surface area contributed by atoms with Gasteiger partial charge in [0.25, 0.3) is 5.91 Å². The summed E-state index contributed by atoms with van der Waals surface area (Å²) in [5, 5.41) is 14.5. The smallest absolute Gasteiger partial charge is 0.351 e. The van der Waals surface area contributed by atoms with Crippen molar-refractivity contribution in [2.75, 3.05) is 46.5 Å². The Morgan fingerprint density at radius 1 is 0.830 bits per heavy atom. The molecule has 1 amide bonds. The minimum absolute atomic E-state index is 0.110. The number of benzene rings is 4. The molecule has 1 aliphatic rings. The summed E-state index contributed by atoms with van der Waals surface area (Å²) in [6.45, 7) is 1.98. The third-order valence-corrected chi connectivity index (χ3v) is 9.22. The molecular weight excluding hydrogens is 678 g/mol. The van der Waals surface area contributed by atoms with E-state index in [2.05, 4.69) is 10.3 Å². The van der Waals surface area contributed by atoms with Gasteiger partial charge >= 0.3 is 5.69 Å². The zero-order valence-electron chi connectivity index (χ0n) is 30.0. The van der Waals surface area contributed by atoms with Crippen LogP contribution >= 0.6 is 0 Å². The maximum Gasteiger partial charge on any atom is 0.351 e. The van der Waals surface area contributed by atoms with E-state index in [0.717, 1.165) is 16.7 Å². The number of anilines is 1. The first-order valence-corrected chi connectivity index (χ1v) is 17.2. The van der Waals surface area contributed by atoms with Gasteiger partial charge < -0.3 is 38.8 Å². The number of aliphatic hydroxyl groups excluding tert-OH is 1. The Hall–Kier alpha value is -5.37. The van der Waals surface area contributed by atoms with Gasteiger partial charge in [0.15, 0.2) is 6.23 Å². The number of nitrogens with zero attached hydrogens (tertiary/aromatic N) is 2. The number of nitrogens with one attached hydrogen (secondary N) is 1. The van der Waals surface area contributed by atoms with Crippen molar-refractivity contribution in [3.63, 3.8) is 0 Å². The molecule has 2 heterocycles. The van der Waals surface area contributed by atoms with E-state index in [1.54, 1.807) is 58.6 Å². The first-order chi connectivity index (χ1) is 25.8. The van der Waals surface area contributed by atoms with Crippen molar-refractivity contribution in [2.45, 2.75) is 37.1 Å². The summed E-state index contributed by atoms with van der Waals surface area (Å²) in [5.41, 5.74) is 1.48. The predicted octanol–water partition coefficient (Wildman–Crippen LogP) is 5.12. The lowest BCUT2D eigenvalue weighted by atomic mass is 9.80. The lowest BCUT2D eigenvalue weighted by Crippen LogP contribution is -2.41. The van der Waals surface area contributed by atoms with E-state index < -0.39 is 41.7 Å². The third kappa shape index (κ3) is 8.02. The van der Waals surface area contributed by atoms with E-state index >= 15 is 0 Å². The second-order valence-electron chi connectivity index (χ2n) is 12.5. The van der Waals surface area contributed by atoms with Crippen LogP contribution in [0.15, 0.2) is 120 Å². The van der Waals surface area contributed by atoms with E-state index in [-0.39, 0.29) is 25.6 Å². The van der Waals surface area contributed by atoms with Crippen LogP contribution in [0.2, 0.25) is 0 Å². The first kappa shape index (κ1) is 37.4. The summed E-state index contributed by atoms with van der Waals surface area (Å²) in [7, 11) is 4.76. The van der Waals surface area contributed by atoms with Crippen LogP contribution in [0, 0.1) is 6.92 Å². The van der Waals surface area contributed by atoms with Gasteiger partial charge in [-0.25, -0.2) is 4.79 Å². The summed E-state index contributed by atoms with van der Waals surface area (Å²) in [6.07, 6.45) is -2.71. The molecule has 0 saturated carbocycles. The van der Waals surface area contributed by atoms with Gasteiger partial charge in [-0.1, -0.05) is 72.8 Å². The molecule has 53 heavy (non-hydrogen) atoms. The Kier molecular flexibility index (Phi) is 12.0. The standard InChI is InChI=1S/C41H43N3O9/c1-27-25-44(40(47)43-37(27)42-38(46)28-11-7-5-8-12-28)39-36(51-24-23-48-2)35(45)34(53-39)26-52-41(29-13-9-6-10-14-29,30-15-19-32(49-3)20-16-30)31-17-21-33(50-4)22-18-31/h5-22,25,34-36,39,45H,23-24,26H2,1-4H3,(H,42,43,46,47)/t34-,35-,36+,39-/m1/s1. The molecule has 0 radical (unpaired) electrons. The molecule has 0 unspecified atom stereocenters. The van der Waals surface area contributed by atoms with E-state index in [1.165, 1.54) is 10.8 Å². The van der Waals surface area contributed by atoms with Crippen molar-refractivity contribution in [3.05, 3.63) is 154 Å². The molecule has 12 heteroatoms. The van der Waals surface area contributed by atoms with Crippen molar-refractivity contribution in [1.29, 1.82) is 0 Å². The zero-order chi connectivity index (χ0) is 37.4. The predicted molar refractivity (Wildman–Crippen MR) is 197 cm³/mol. The first-order valence-electron chi connectivity index (χ1n) is 17.2. The quantitative estimate of drug-likeness (QED) is 0.111. The van der Waals surface area contributed by atoms with Crippen LogP contribution in [0.25, 0.3) is 0 Å². The molecule has 4 atom stereocenters. The van der Waals surface area contributed by atoms with Gasteiger partial charge in [-0.15, -0.1) is 0 Å². The number of carbonyl (C=O) groups excluding carboxylic acids is 1. The number of aromatic nitrogens is 2. The minimum Gasteiger partial charge on any atom is -0.497 e. The number of aryl methyl sites for hydroxylation is 1. The number of hydrogen-bond donors (Lipinski definition) is 2. The summed E-state index contributed by atoms with van der Waals surface area (Å²) in [4.78, 5) is 30.6. The molecule has 1 saturated heterocycles. The molecule has 1 aromatic heterocycles. The van der Waals surface area contributed by atoms with Crippen LogP contribution in [0.1, 0.15) is 38.8 Å². The normalized spacial score (nSPS) is 18.4. The van der Waals surface area contributed by atoms with E-state index in [1.807, 2.05) is 78.9 Å². The van der Waals surface area contributed by atoms with Crippen LogP contribution in [-0.4, -0.2) is 80.0 Å². The molecule has 0 bridgehead atoms. The third-order valence-electron chi connectivity index (χ3n) is 9.22. The highest BCUT2D eigenvalue weighted by molar-refractivity contribution is 6.04. The van der Waals surface area contributed by atoms with Gasteiger partial charge in [-0.3, -0.25) is 9.36 Å². The molecule has 2 N–H and O–H groups in total. The Labute approximate surface area is 307 Å². The van der Waals surface area contributed by atoms with Crippen molar-refractivity contribution in [3.8, 4) is 11.5 Å². The number of rotatable bonds is 15. The van der Waals surface area contributed by atoms with Crippen LogP contribution in [0.3, 0.4) is 0 Å². The van der Waals surface area contributed by atoms with Crippen molar-refractivity contribution in [2.24, 2.45) is 0 Å². The highest BCUT2D eigenvalue weighted by Crippen LogP contribution is 2.43. The van der Waals surface area contributed by atoms with Crippen molar-refractivity contribution < 1.29 is 38.3 Å². The molecular formula is C41H43N3O9. The number of aliphatic hydroxyl groups is 1. The largest absolute Gasteiger partial charge is 0.497 e. The number of methoxy groups -OCH3 is 3. The van der Waals surface area contributed by atoms with Gasteiger partial charge in [-0.2, -0.15) is 4.98 Å². The summed E-state index contributed by atoms with van der Waals surface area (Å²) < 4.78 is 37.0. The number of hydrogen-bond acceptors (Lipinski definition) is 10. The Bertz CT molecular complexity index is 1960. The SMILES string of the molecule is COCCO[C@H]1[C@H](O)[C@@H](COC(c2ccccc2)(c2ccc(OC)cc2)c2ccc(OC)cc2)O[C@H]1n1cc(C)c(NC(=O)c2ccccc2)nc1=O. The van der Waals surface area contributed by atoms with Gasteiger partial charge in [0.2, 0.25) is 0 Å². The van der Waals surface area contributed by atoms with Gasteiger partial charge in [0.05, 0.1) is 34.0 Å². The summed E-state index contributed by atoms with van der Waals surface area (Å²) in [5.74, 6) is 1.07. The van der Waals surface area contributed by atoms with Gasteiger partial charge in [0, 0.05) is 24.4 Å². The minimum atomic E-state index is -1.22. The molecule has 0 spiro atoms. The Balaban J connectivity index is 1.35. The molecule has 1 aliphatic heterocycles. The van der Waals surface area contributed by atoms with Crippen LogP contribution in [0.4, 0.5) is 5.82 Å². The number of amides is 1. The maximum absolute atomic E-state index is 13.6. The average Bonchev–Trinajstić information content (AvgIpc) is 3.51. The summed E-state index contributed by atoms with van der Waals surface area (Å²) >= 11 is 0. The topological polar surface area (TPSA) is 140 Å². The average molecular weight is 722 g/mol. The second-order valence-corrected chi connectivity index (χ2v) is 12.5. The molecule has 1 fully saturated rings.